The molecule has 0 atom stereocenters. The van der Waals surface area contributed by atoms with Crippen LogP contribution < -0.4 is 11.3 Å². The number of carbonyl (C=O) groups excluding carboxylic acids is 1. The highest BCUT2D eigenvalue weighted by molar-refractivity contribution is 7.17. The van der Waals surface area contributed by atoms with Gasteiger partial charge in [-0.25, -0.2) is 4.98 Å². The SMILES string of the molecule is CN(Cc1nc2ccsc2c(=O)[nH]1)C(=O)CCCCCN. The lowest BCUT2D eigenvalue weighted by Crippen LogP contribution is -2.28. The summed E-state index contributed by atoms with van der Waals surface area (Å²) in [6.07, 6.45) is 3.25. The van der Waals surface area contributed by atoms with Crippen molar-refractivity contribution in [1.29, 1.82) is 0 Å². The maximum Gasteiger partial charge on any atom is 0.268 e. The molecule has 2 rings (SSSR count). The van der Waals surface area contributed by atoms with Crippen LogP contribution >= 0.6 is 11.3 Å². The third-order valence-corrected chi connectivity index (χ3v) is 4.17. The van der Waals surface area contributed by atoms with Gasteiger partial charge in [-0.1, -0.05) is 6.42 Å². The summed E-state index contributed by atoms with van der Waals surface area (Å²) in [6, 6.07) is 1.81. The fourth-order valence-electron chi connectivity index (χ4n) is 2.10. The molecular formula is C14H20N4O2S. The van der Waals surface area contributed by atoms with Crippen LogP contribution in [-0.2, 0) is 11.3 Å². The Kier molecular flexibility index (Phi) is 5.46. The van der Waals surface area contributed by atoms with Crippen molar-refractivity contribution in [3.8, 4) is 0 Å². The van der Waals surface area contributed by atoms with Crippen molar-refractivity contribution in [3.05, 3.63) is 27.6 Å². The van der Waals surface area contributed by atoms with E-state index in [0.717, 1.165) is 19.3 Å². The van der Waals surface area contributed by atoms with Crippen LogP contribution in [0.1, 0.15) is 31.5 Å². The van der Waals surface area contributed by atoms with Gasteiger partial charge in [0.25, 0.3) is 5.56 Å². The first kappa shape index (κ1) is 15.7. The molecule has 7 heteroatoms. The molecule has 1 amide bonds. The van der Waals surface area contributed by atoms with Crippen molar-refractivity contribution < 1.29 is 4.79 Å². The second-order valence-electron chi connectivity index (χ2n) is 5.00. The lowest BCUT2D eigenvalue weighted by atomic mass is 10.2. The van der Waals surface area contributed by atoms with Gasteiger partial charge < -0.3 is 15.6 Å². The normalized spacial score (nSPS) is 11.0. The van der Waals surface area contributed by atoms with E-state index in [0.29, 0.717) is 35.6 Å². The largest absolute Gasteiger partial charge is 0.338 e. The molecule has 0 radical (unpaired) electrons. The van der Waals surface area contributed by atoms with Crippen LogP contribution in [0.2, 0.25) is 0 Å². The summed E-state index contributed by atoms with van der Waals surface area (Å²) in [5, 5.41) is 1.84. The third-order valence-electron chi connectivity index (χ3n) is 3.27. The van der Waals surface area contributed by atoms with E-state index in [1.165, 1.54) is 11.3 Å². The van der Waals surface area contributed by atoms with Gasteiger partial charge in [-0.15, -0.1) is 11.3 Å². The van der Waals surface area contributed by atoms with E-state index in [4.69, 9.17) is 5.73 Å². The molecule has 3 N–H and O–H groups in total. The topological polar surface area (TPSA) is 92.1 Å². The number of nitrogens with zero attached hydrogens (tertiary/aromatic N) is 2. The van der Waals surface area contributed by atoms with Crippen molar-refractivity contribution in [3.63, 3.8) is 0 Å². The predicted molar refractivity (Wildman–Crippen MR) is 84.2 cm³/mol. The van der Waals surface area contributed by atoms with Crippen LogP contribution in [0.15, 0.2) is 16.2 Å². The number of unbranched alkanes of at least 4 members (excludes halogenated alkanes) is 2. The first-order chi connectivity index (χ1) is 10.1. The van der Waals surface area contributed by atoms with Gasteiger partial charge in [0.05, 0.1) is 12.1 Å². The van der Waals surface area contributed by atoms with Crippen LogP contribution in [0.3, 0.4) is 0 Å². The zero-order chi connectivity index (χ0) is 15.2. The number of amides is 1. The fraction of sp³-hybridized carbons (Fsp3) is 0.500. The number of nitrogens with two attached hydrogens (primary N) is 1. The second-order valence-corrected chi connectivity index (χ2v) is 5.91. The maximum atomic E-state index is 12.0. The predicted octanol–water partition coefficient (Wildman–Crippen LogP) is 1.46. The van der Waals surface area contributed by atoms with E-state index >= 15 is 0 Å². The lowest BCUT2D eigenvalue weighted by molar-refractivity contribution is -0.130. The van der Waals surface area contributed by atoms with Gasteiger partial charge in [0.2, 0.25) is 5.91 Å². The summed E-state index contributed by atoms with van der Waals surface area (Å²) in [5.74, 6) is 0.573. The number of hydrogen-bond acceptors (Lipinski definition) is 5. The molecule has 2 aromatic heterocycles. The fourth-order valence-corrected chi connectivity index (χ4v) is 2.82. The Morgan fingerprint density at radius 3 is 3.00 bits per heavy atom. The molecule has 0 saturated heterocycles. The smallest absolute Gasteiger partial charge is 0.268 e. The molecule has 0 aliphatic carbocycles. The number of fused-ring (bicyclic) bond motifs is 1. The molecule has 0 saturated carbocycles. The Morgan fingerprint density at radius 2 is 2.24 bits per heavy atom. The maximum absolute atomic E-state index is 12.0. The quantitative estimate of drug-likeness (QED) is 0.757. The van der Waals surface area contributed by atoms with Crippen LogP contribution in [0.25, 0.3) is 10.2 Å². The van der Waals surface area contributed by atoms with Crippen LogP contribution in [0.5, 0.6) is 0 Å². The highest BCUT2D eigenvalue weighted by atomic mass is 32.1. The van der Waals surface area contributed by atoms with Crippen LogP contribution in [0.4, 0.5) is 0 Å². The van der Waals surface area contributed by atoms with Gasteiger partial charge in [-0.3, -0.25) is 9.59 Å². The second kappa shape index (κ2) is 7.33. The van der Waals surface area contributed by atoms with Gasteiger partial charge in [0, 0.05) is 13.5 Å². The Balaban J connectivity index is 1.95. The molecule has 2 heterocycles. The molecule has 21 heavy (non-hydrogen) atoms. The molecule has 0 aromatic carbocycles. The summed E-state index contributed by atoms with van der Waals surface area (Å²) < 4.78 is 0.620. The average molecular weight is 308 g/mol. The number of aromatic amines is 1. The Morgan fingerprint density at radius 1 is 1.43 bits per heavy atom. The van der Waals surface area contributed by atoms with Crippen LogP contribution in [0, 0.1) is 0 Å². The summed E-state index contributed by atoms with van der Waals surface area (Å²) in [6.45, 7) is 0.979. The molecule has 0 aliphatic heterocycles. The molecule has 0 bridgehead atoms. The molecule has 2 aromatic rings. The number of hydrogen-bond donors (Lipinski definition) is 2. The van der Waals surface area contributed by atoms with Gasteiger partial charge >= 0.3 is 0 Å². The molecule has 0 spiro atoms. The van der Waals surface area contributed by atoms with Crippen molar-refractivity contribution >= 4 is 27.5 Å². The molecule has 0 aliphatic rings. The van der Waals surface area contributed by atoms with E-state index in [1.54, 1.807) is 11.9 Å². The van der Waals surface area contributed by atoms with E-state index in [9.17, 15) is 9.59 Å². The average Bonchev–Trinajstić information content (AvgIpc) is 2.92. The number of nitrogens with one attached hydrogen (secondary N) is 1. The minimum atomic E-state index is -0.145. The van der Waals surface area contributed by atoms with Gasteiger partial charge in [0.1, 0.15) is 10.5 Å². The number of H-pyrrole nitrogens is 1. The zero-order valence-electron chi connectivity index (χ0n) is 12.1. The highest BCUT2D eigenvalue weighted by Crippen LogP contribution is 2.14. The summed E-state index contributed by atoms with van der Waals surface area (Å²) in [7, 11) is 1.73. The first-order valence-electron chi connectivity index (χ1n) is 7.02. The summed E-state index contributed by atoms with van der Waals surface area (Å²) in [5.41, 5.74) is 5.96. The number of carbonyl (C=O) groups is 1. The van der Waals surface area contributed by atoms with Crippen molar-refractivity contribution in [2.75, 3.05) is 13.6 Å². The van der Waals surface area contributed by atoms with Gasteiger partial charge in [-0.2, -0.15) is 0 Å². The van der Waals surface area contributed by atoms with E-state index in [2.05, 4.69) is 9.97 Å². The standard InChI is InChI=1S/C14H20N4O2S/c1-18(12(19)5-3-2-4-7-15)9-11-16-10-6-8-21-13(10)14(20)17-11/h6,8H,2-5,7,9,15H2,1H3,(H,16,17,20). The lowest BCUT2D eigenvalue weighted by Gasteiger charge is -2.16. The monoisotopic (exact) mass is 308 g/mol. The minimum Gasteiger partial charge on any atom is -0.338 e. The highest BCUT2D eigenvalue weighted by Gasteiger charge is 2.11. The molecule has 0 fully saturated rings. The Bertz CT molecular complexity index is 664. The summed E-state index contributed by atoms with van der Waals surface area (Å²) in [4.78, 5) is 32.5. The Hall–Kier alpha value is -1.73. The minimum absolute atomic E-state index is 0.0556. The first-order valence-corrected chi connectivity index (χ1v) is 7.90. The van der Waals surface area contributed by atoms with Crippen molar-refractivity contribution in [1.82, 2.24) is 14.9 Å². The van der Waals surface area contributed by atoms with E-state index < -0.39 is 0 Å². The van der Waals surface area contributed by atoms with Gasteiger partial charge in [0.15, 0.2) is 0 Å². The Labute approximate surface area is 127 Å². The van der Waals surface area contributed by atoms with Crippen molar-refractivity contribution in [2.24, 2.45) is 5.73 Å². The molecule has 6 nitrogen and oxygen atoms in total. The number of thiophene rings is 1. The molecular weight excluding hydrogens is 288 g/mol. The zero-order valence-corrected chi connectivity index (χ0v) is 12.9. The molecule has 114 valence electrons. The van der Waals surface area contributed by atoms with Gasteiger partial charge in [-0.05, 0) is 30.8 Å². The van der Waals surface area contributed by atoms with E-state index in [-0.39, 0.29) is 11.5 Å². The summed E-state index contributed by atoms with van der Waals surface area (Å²) >= 11 is 1.37. The third kappa shape index (κ3) is 4.12. The molecule has 0 unspecified atom stereocenters. The van der Waals surface area contributed by atoms with E-state index in [1.807, 2.05) is 11.4 Å². The number of aromatic nitrogens is 2. The number of rotatable bonds is 7. The van der Waals surface area contributed by atoms with Crippen molar-refractivity contribution in [2.45, 2.75) is 32.2 Å². The van der Waals surface area contributed by atoms with Crippen LogP contribution in [-0.4, -0.2) is 34.4 Å².